The van der Waals surface area contributed by atoms with Gasteiger partial charge >= 0.3 is 0 Å². The predicted molar refractivity (Wildman–Crippen MR) is 104 cm³/mol. The maximum Gasteiger partial charge on any atom is 0.233 e. The average molecular weight is 384 g/mol. The molecule has 0 atom stereocenters. The molecule has 27 heavy (non-hydrogen) atoms. The number of thioether (sulfide) groups is 1. The largest absolute Gasteiger partial charge is 0.495 e. The molecule has 0 spiro atoms. The highest BCUT2D eigenvalue weighted by Gasteiger charge is 2.23. The minimum Gasteiger partial charge on any atom is -0.495 e. The molecule has 9 heteroatoms. The summed E-state index contributed by atoms with van der Waals surface area (Å²) in [5.74, 6) is 1.24. The number of nitrogens with two attached hydrogens (primary N) is 1. The van der Waals surface area contributed by atoms with Gasteiger partial charge in [-0.2, -0.15) is 5.26 Å². The van der Waals surface area contributed by atoms with Gasteiger partial charge in [0, 0.05) is 26.2 Å². The van der Waals surface area contributed by atoms with Crippen LogP contribution in [-0.4, -0.2) is 59.8 Å². The molecule has 2 aromatic rings. The first kappa shape index (κ1) is 18.8. The van der Waals surface area contributed by atoms with Crippen LogP contribution in [0.15, 0.2) is 35.6 Å². The molecule has 8 nitrogen and oxygen atoms in total. The van der Waals surface area contributed by atoms with Crippen molar-refractivity contribution in [3.05, 3.63) is 36.0 Å². The van der Waals surface area contributed by atoms with Crippen molar-refractivity contribution in [1.29, 1.82) is 5.26 Å². The Kier molecular flexibility index (Phi) is 5.98. The predicted octanol–water partition coefficient (Wildman–Crippen LogP) is 1.38. The Morgan fingerprint density at radius 2 is 2.07 bits per heavy atom. The summed E-state index contributed by atoms with van der Waals surface area (Å²) in [7, 11) is 1.66. The smallest absolute Gasteiger partial charge is 0.233 e. The van der Waals surface area contributed by atoms with Crippen molar-refractivity contribution in [1.82, 2.24) is 14.9 Å². The van der Waals surface area contributed by atoms with E-state index in [1.807, 2.05) is 35.2 Å². The number of hydrogen-bond acceptors (Lipinski definition) is 8. The fourth-order valence-electron chi connectivity index (χ4n) is 2.84. The number of carbonyl (C=O) groups excluding carboxylic acids is 1. The topological polar surface area (TPSA) is 108 Å². The summed E-state index contributed by atoms with van der Waals surface area (Å²) in [6, 6.07) is 9.80. The molecule has 3 rings (SSSR count). The quantitative estimate of drug-likeness (QED) is 0.608. The van der Waals surface area contributed by atoms with Gasteiger partial charge in [-0.15, -0.1) is 0 Å². The zero-order valence-corrected chi connectivity index (χ0v) is 15.8. The lowest BCUT2D eigenvalue weighted by molar-refractivity contribution is -0.128. The van der Waals surface area contributed by atoms with Gasteiger partial charge in [-0.3, -0.25) is 4.79 Å². The molecule has 0 unspecified atom stereocenters. The molecule has 1 aromatic heterocycles. The van der Waals surface area contributed by atoms with E-state index in [0.29, 0.717) is 18.2 Å². The van der Waals surface area contributed by atoms with Crippen molar-refractivity contribution >= 4 is 29.2 Å². The molecule has 140 valence electrons. The third-order valence-corrected chi connectivity index (χ3v) is 5.15. The fraction of sp³-hybridized carbons (Fsp3) is 0.333. The van der Waals surface area contributed by atoms with E-state index in [1.54, 1.807) is 7.11 Å². The van der Waals surface area contributed by atoms with Crippen LogP contribution in [0, 0.1) is 11.3 Å². The number of benzene rings is 1. The van der Waals surface area contributed by atoms with Crippen molar-refractivity contribution < 1.29 is 9.53 Å². The summed E-state index contributed by atoms with van der Waals surface area (Å²) in [5.41, 5.74) is 6.96. The van der Waals surface area contributed by atoms with Gasteiger partial charge in [-0.05, 0) is 12.1 Å². The molecule has 0 aliphatic carbocycles. The molecule has 1 saturated heterocycles. The Labute approximate surface area is 161 Å². The molecule has 1 aliphatic heterocycles. The van der Waals surface area contributed by atoms with Crippen LogP contribution in [0.1, 0.15) is 5.56 Å². The number of nitrogens with zero attached hydrogens (tertiary/aromatic N) is 5. The number of amides is 1. The lowest BCUT2D eigenvalue weighted by atomic mass is 10.2. The van der Waals surface area contributed by atoms with E-state index in [2.05, 4.69) is 14.9 Å². The molecule has 1 amide bonds. The highest BCUT2D eigenvalue weighted by molar-refractivity contribution is 7.99. The number of anilines is 2. The lowest BCUT2D eigenvalue weighted by Crippen LogP contribution is -2.49. The van der Waals surface area contributed by atoms with Crippen LogP contribution >= 0.6 is 11.8 Å². The van der Waals surface area contributed by atoms with Crippen LogP contribution in [-0.2, 0) is 4.79 Å². The van der Waals surface area contributed by atoms with Crippen LogP contribution in [0.5, 0.6) is 5.75 Å². The number of nitriles is 1. The Bertz CT molecular complexity index is 861. The van der Waals surface area contributed by atoms with Gasteiger partial charge < -0.3 is 20.3 Å². The third-order valence-electron chi connectivity index (χ3n) is 4.30. The Morgan fingerprint density at radius 1 is 1.33 bits per heavy atom. The second-order valence-corrected chi connectivity index (χ2v) is 6.83. The van der Waals surface area contributed by atoms with Crippen LogP contribution in [0.25, 0.3) is 0 Å². The number of aromatic nitrogens is 2. The molecule has 0 saturated carbocycles. The molecular formula is C18H20N6O2S. The van der Waals surface area contributed by atoms with Crippen LogP contribution in [0.4, 0.5) is 11.5 Å². The van der Waals surface area contributed by atoms with E-state index >= 15 is 0 Å². The van der Waals surface area contributed by atoms with Gasteiger partial charge in [-0.1, -0.05) is 23.9 Å². The van der Waals surface area contributed by atoms with E-state index in [0.717, 1.165) is 24.5 Å². The monoisotopic (exact) mass is 384 g/mol. The summed E-state index contributed by atoms with van der Waals surface area (Å²) in [6.45, 7) is 2.79. The van der Waals surface area contributed by atoms with E-state index in [-0.39, 0.29) is 23.0 Å². The Hall–Kier alpha value is -2.99. The number of ether oxygens (including phenoxy) is 1. The highest BCUT2D eigenvalue weighted by atomic mass is 32.2. The minimum absolute atomic E-state index is 0.0335. The first-order chi connectivity index (χ1) is 13.1. The summed E-state index contributed by atoms with van der Waals surface area (Å²) in [6.07, 6.45) is 1.38. The average Bonchev–Trinajstić information content (AvgIpc) is 2.72. The molecule has 0 radical (unpaired) electrons. The zero-order chi connectivity index (χ0) is 19.2. The van der Waals surface area contributed by atoms with Crippen LogP contribution in [0.2, 0.25) is 0 Å². The summed E-state index contributed by atoms with van der Waals surface area (Å²) < 4.78 is 5.42. The summed E-state index contributed by atoms with van der Waals surface area (Å²) in [4.78, 5) is 24.6. The third kappa shape index (κ3) is 4.41. The minimum atomic E-state index is 0.0335. The van der Waals surface area contributed by atoms with Gasteiger partial charge in [0.2, 0.25) is 5.91 Å². The highest BCUT2D eigenvalue weighted by Crippen LogP contribution is 2.28. The molecular weight excluding hydrogens is 364 g/mol. The number of piperazine rings is 1. The van der Waals surface area contributed by atoms with Crippen molar-refractivity contribution in [2.45, 2.75) is 5.16 Å². The summed E-state index contributed by atoms with van der Waals surface area (Å²) in [5, 5.41) is 9.24. The van der Waals surface area contributed by atoms with Crippen LogP contribution in [0.3, 0.4) is 0 Å². The zero-order valence-electron chi connectivity index (χ0n) is 15.0. The molecule has 1 fully saturated rings. The summed E-state index contributed by atoms with van der Waals surface area (Å²) >= 11 is 1.22. The van der Waals surface area contributed by atoms with Gasteiger partial charge in [0.15, 0.2) is 5.16 Å². The second-order valence-electron chi connectivity index (χ2n) is 5.89. The van der Waals surface area contributed by atoms with Gasteiger partial charge in [0.05, 0.1) is 24.7 Å². The lowest BCUT2D eigenvalue weighted by Gasteiger charge is -2.36. The first-order valence-corrected chi connectivity index (χ1v) is 9.42. The van der Waals surface area contributed by atoms with Crippen molar-refractivity contribution in [3.8, 4) is 11.8 Å². The molecule has 0 bridgehead atoms. The Balaban J connectivity index is 1.53. The van der Waals surface area contributed by atoms with Gasteiger partial charge in [0.25, 0.3) is 0 Å². The van der Waals surface area contributed by atoms with E-state index < -0.39 is 0 Å². The normalized spacial score (nSPS) is 13.9. The van der Waals surface area contributed by atoms with Crippen molar-refractivity contribution in [3.63, 3.8) is 0 Å². The number of methoxy groups -OCH3 is 1. The van der Waals surface area contributed by atoms with E-state index in [4.69, 9.17) is 15.7 Å². The second kappa shape index (κ2) is 8.60. The number of carbonyl (C=O) groups is 1. The van der Waals surface area contributed by atoms with Crippen LogP contribution < -0.4 is 15.4 Å². The first-order valence-electron chi connectivity index (χ1n) is 8.43. The number of hydrogen-bond donors (Lipinski definition) is 1. The van der Waals surface area contributed by atoms with Crippen molar-refractivity contribution in [2.75, 3.05) is 49.7 Å². The molecule has 1 aromatic carbocycles. The number of rotatable bonds is 5. The maximum atomic E-state index is 12.5. The molecule has 2 N–H and O–H groups in total. The SMILES string of the molecule is COc1ccccc1N1CCN(C(=O)CSc2ncc(C#N)c(N)n2)CC1. The number of para-hydroxylation sites is 2. The van der Waals surface area contributed by atoms with E-state index in [9.17, 15) is 4.79 Å². The maximum absolute atomic E-state index is 12.5. The fourth-order valence-corrected chi connectivity index (χ4v) is 3.56. The van der Waals surface area contributed by atoms with Gasteiger partial charge in [-0.25, -0.2) is 9.97 Å². The number of nitrogen functional groups attached to an aromatic ring is 1. The van der Waals surface area contributed by atoms with Gasteiger partial charge in [0.1, 0.15) is 23.2 Å². The molecule has 1 aliphatic rings. The van der Waals surface area contributed by atoms with E-state index in [1.165, 1.54) is 18.0 Å². The van der Waals surface area contributed by atoms with Crippen molar-refractivity contribution in [2.24, 2.45) is 0 Å². The standard InChI is InChI=1S/C18H20N6O2S/c1-26-15-5-3-2-4-14(15)23-6-8-24(9-7-23)16(25)12-27-18-21-11-13(10-19)17(20)22-18/h2-5,11H,6-9,12H2,1H3,(H2,20,21,22). The Morgan fingerprint density at radius 3 is 2.74 bits per heavy atom. The molecule has 2 heterocycles.